The first-order valence-electron chi connectivity index (χ1n) is 8.71. The van der Waals surface area contributed by atoms with E-state index in [0.717, 1.165) is 40.6 Å². The van der Waals surface area contributed by atoms with Gasteiger partial charge in [0.25, 0.3) is 0 Å². The third kappa shape index (κ3) is 6.20. The zero-order chi connectivity index (χ0) is 18.1. The summed E-state index contributed by atoms with van der Waals surface area (Å²) in [4.78, 5) is 10.8. The Bertz CT molecular complexity index is 670. The number of hydrogen-bond donors (Lipinski definition) is 1. The average Bonchev–Trinajstić information content (AvgIpc) is 2.64. The van der Waals surface area contributed by atoms with Gasteiger partial charge in [-0.2, -0.15) is 0 Å². The molecule has 0 spiro atoms. The maximum Gasteiger partial charge on any atom is 0.303 e. The Labute approximate surface area is 158 Å². The van der Waals surface area contributed by atoms with Crippen molar-refractivity contribution in [2.45, 2.75) is 38.5 Å². The molecule has 0 aromatic heterocycles. The molecule has 0 fully saturated rings. The maximum atomic E-state index is 10.8. The van der Waals surface area contributed by atoms with Gasteiger partial charge in [-0.1, -0.05) is 59.3 Å². The van der Waals surface area contributed by atoms with Crippen molar-refractivity contribution in [2.24, 2.45) is 0 Å². The van der Waals surface area contributed by atoms with Crippen molar-refractivity contribution in [3.8, 4) is 16.9 Å². The summed E-state index contributed by atoms with van der Waals surface area (Å²) in [5, 5.41) is 9.89. The van der Waals surface area contributed by atoms with Crippen LogP contribution >= 0.6 is 15.9 Å². The predicted octanol–water partition coefficient (Wildman–Crippen LogP) is 5.88. The van der Waals surface area contributed by atoms with E-state index in [-0.39, 0.29) is 12.3 Å². The summed E-state index contributed by atoms with van der Waals surface area (Å²) in [7, 11) is 0. The van der Waals surface area contributed by atoms with Crippen LogP contribution in [0.2, 0.25) is 0 Å². The number of carbonyl (C=O) groups is 1. The number of benzene rings is 2. The molecule has 25 heavy (non-hydrogen) atoms. The van der Waals surface area contributed by atoms with Crippen molar-refractivity contribution in [3.63, 3.8) is 0 Å². The van der Waals surface area contributed by atoms with Gasteiger partial charge in [-0.05, 0) is 48.4 Å². The Morgan fingerprint density at radius 2 is 1.92 bits per heavy atom. The molecule has 1 atom stereocenters. The minimum Gasteiger partial charge on any atom is -0.493 e. The molecule has 3 nitrogen and oxygen atoms in total. The summed E-state index contributed by atoms with van der Waals surface area (Å²) in [6.07, 6.45) is 2.92. The molecule has 0 aliphatic heterocycles. The van der Waals surface area contributed by atoms with Crippen LogP contribution in [-0.4, -0.2) is 23.0 Å². The van der Waals surface area contributed by atoms with Gasteiger partial charge < -0.3 is 9.84 Å². The van der Waals surface area contributed by atoms with E-state index in [1.807, 2.05) is 24.3 Å². The van der Waals surface area contributed by atoms with E-state index in [4.69, 9.17) is 9.84 Å². The van der Waals surface area contributed by atoms with Crippen molar-refractivity contribution >= 4 is 21.9 Å². The number of halogens is 1. The fraction of sp³-hybridized carbons (Fsp3) is 0.381. The van der Waals surface area contributed by atoms with Gasteiger partial charge in [-0.15, -0.1) is 0 Å². The van der Waals surface area contributed by atoms with E-state index < -0.39 is 5.97 Å². The predicted molar refractivity (Wildman–Crippen MR) is 106 cm³/mol. The van der Waals surface area contributed by atoms with E-state index >= 15 is 0 Å². The minimum atomic E-state index is -0.748. The fourth-order valence-corrected chi connectivity index (χ4v) is 3.11. The first-order valence-corrected chi connectivity index (χ1v) is 9.84. The van der Waals surface area contributed by atoms with E-state index in [2.05, 4.69) is 47.1 Å². The smallest absolute Gasteiger partial charge is 0.303 e. The van der Waals surface area contributed by atoms with E-state index in [9.17, 15) is 4.79 Å². The quantitative estimate of drug-likeness (QED) is 0.397. The number of hydrogen-bond acceptors (Lipinski definition) is 2. The Morgan fingerprint density at radius 3 is 2.60 bits per heavy atom. The zero-order valence-electron chi connectivity index (χ0n) is 14.6. The molecule has 0 saturated carbocycles. The average molecular weight is 405 g/mol. The van der Waals surface area contributed by atoms with Gasteiger partial charge in [0.2, 0.25) is 0 Å². The lowest BCUT2D eigenvalue weighted by Crippen LogP contribution is -2.02. The topological polar surface area (TPSA) is 46.5 Å². The van der Waals surface area contributed by atoms with Crippen LogP contribution in [0.4, 0.5) is 0 Å². The van der Waals surface area contributed by atoms with Crippen LogP contribution in [0.5, 0.6) is 5.75 Å². The lowest BCUT2D eigenvalue weighted by molar-refractivity contribution is -0.137. The van der Waals surface area contributed by atoms with E-state index in [1.54, 1.807) is 0 Å². The Kier molecular flexibility index (Phi) is 7.99. The number of alkyl halides is 1. The number of carboxylic acid groups (broad SMARTS) is 1. The highest BCUT2D eigenvalue weighted by Crippen LogP contribution is 2.34. The highest BCUT2D eigenvalue weighted by atomic mass is 79.9. The number of ether oxygens (including phenoxy) is 1. The second kappa shape index (κ2) is 10.2. The molecule has 134 valence electrons. The molecule has 0 aliphatic rings. The molecule has 2 rings (SSSR count). The second-order valence-corrected chi connectivity index (χ2v) is 6.99. The molecule has 0 bridgehead atoms. The summed E-state index contributed by atoms with van der Waals surface area (Å²) in [6, 6.07) is 16.4. The summed E-state index contributed by atoms with van der Waals surface area (Å²) >= 11 is 3.44. The number of aliphatic carboxylic acids is 1. The van der Waals surface area contributed by atoms with Crippen LogP contribution in [-0.2, 0) is 4.79 Å². The molecule has 2 aromatic rings. The first-order chi connectivity index (χ1) is 12.1. The lowest BCUT2D eigenvalue weighted by Gasteiger charge is -2.16. The lowest BCUT2D eigenvalue weighted by atomic mass is 9.92. The van der Waals surface area contributed by atoms with Gasteiger partial charge in [0.05, 0.1) is 6.61 Å². The third-order valence-corrected chi connectivity index (χ3v) is 4.79. The molecular formula is C21H25BrO3. The molecule has 0 heterocycles. The van der Waals surface area contributed by atoms with Gasteiger partial charge in [0.15, 0.2) is 0 Å². The van der Waals surface area contributed by atoms with Gasteiger partial charge in [-0.25, -0.2) is 0 Å². The normalized spacial score (nSPS) is 11.9. The summed E-state index contributed by atoms with van der Waals surface area (Å²) < 4.78 is 6.01. The van der Waals surface area contributed by atoms with Gasteiger partial charge >= 0.3 is 5.97 Å². The molecule has 1 N–H and O–H groups in total. The molecule has 2 aromatic carbocycles. The molecule has 1 unspecified atom stereocenters. The monoisotopic (exact) mass is 404 g/mol. The molecule has 0 amide bonds. The third-order valence-electron chi connectivity index (χ3n) is 4.23. The van der Waals surface area contributed by atoms with Crippen molar-refractivity contribution < 1.29 is 14.6 Å². The van der Waals surface area contributed by atoms with E-state index in [0.29, 0.717) is 13.0 Å². The maximum absolute atomic E-state index is 10.8. The van der Waals surface area contributed by atoms with Crippen molar-refractivity contribution in [2.75, 3.05) is 11.9 Å². The van der Waals surface area contributed by atoms with Crippen LogP contribution in [0.1, 0.15) is 44.1 Å². The first kappa shape index (κ1) is 19.5. The largest absolute Gasteiger partial charge is 0.493 e. The number of rotatable bonds is 10. The minimum absolute atomic E-state index is 0.187. The SMILES string of the molecule is CC(CCC(=O)O)c1ccc(OCCCCBr)c(-c2ccccc2)c1. The van der Waals surface area contributed by atoms with Gasteiger partial charge in [0.1, 0.15) is 5.75 Å². The highest BCUT2D eigenvalue weighted by Gasteiger charge is 2.13. The molecule has 0 saturated heterocycles. The van der Waals surface area contributed by atoms with Crippen molar-refractivity contribution in [3.05, 3.63) is 54.1 Å². The van der Waals surface area contributed by atoms with Crippen LogP contribution in [0, 0.1) is 0 Å². The summed E-state index contributed by atoms with van der Waals surface area (Å²) in [5.41, 5.74) is 3.33. The Morgan fingerprint density at radius 1 is 1.16 bits per heavy atom. The zero-order valence-corrected chi connectivity index (χ0v) is 16.2. The van der Waals surface area contributed by atoms with Crippen molar-refractivity contribution in [1.29, 1.82) is 0 Å². The molecule has 0 radical (unpaired) electrons. The van der Waals surface area contributed by atoms with Gasteiger partial charge in [-0.3, -0.25) is 4.79 Å². The van der Waals surface area contributed by atoms with Crippen LogP contribution in [0.15, 0.2) is 48.5 Å². The fourth-order valence-electron chi connectivity index (χ4n) is 2.71. The molecule has 4 heteroatoms. The van der Waals surface area contributed by atoms with Gasteiger partial charge in [0, 0.05) is 17.3 Å². The summed E-state index contributed by atoms with van der Waals surface area (Å²) in [6.45, 7) is 2.77. The molecular weight excluding hydrogens is 380 g/mol. The van der Waals surface area contributed by atoms with Crippen LogP contribution < -0.4 is 4.74 Å². The highest BCUT2D eigenvalue weighted by molar-refractivity contribution is 9.09. The Balaban J connectivity index is 2.23. The molecule has 0 aliphatic carbocycles. The number of carboxylic acids is 1. The standard InChI is InChI=1S/C21H25BrO3/c1-16(9-12-21(23)24)18-10-11-20(25-14-6-5-13-22)19(15-18)17-7-3-2-4-8-17/h2-4,7-8,10-11,15-16H,5-6,9,12-14H2,1H3,(H,23,24). The number of unbranched alkanes of at least 4 members (excludes halogenated alkanes) is 1. The van der Waals surface area contributed by atoms with Crippen LogP contribution in [0.25, 0.3) is 11.1 Å². The van der Waals surface area contributed by atoms with Crippen molar-refractivity contribution in [1.82, 2.24) is 0 Å². The van der Waals surface area contributed by atoms with Crippen LogP contribution in [0.3, 0.4) is 0 Å². The summed E-state index contributed by atoms with van der Waals surface area (Å²) in [5.74, 6) is 0.331. The Hall–Kier alpha value is -1.81. The second-order valence-electron chi connectivity index (χ2n) is 6.20. The van der Waals surface area contributed by atoms with E-state index in [1.165, 1.54) is 0 Å².